The Labute approximate surface area is 232 Å². The maximum atomic E-state index is 13.7. The number of ether oxygens (including phenoxy) is 1. The van der Waals surface area contributed by atoms with Gasteiger partial charge in [-0.1, -0.05) is 46.3 Å². The molecule has 0 aliphatic rings. The van der Waals surface area contributed by atoms with Gasteiger partial charge >= 0.3 is 0 Å². The first-order chi connectivity index (χ1) is 18.4. The van der Waals surface area contributed by atoms with Crippen molar-refractivity contribution in [3.8, 4) is 17.0 Å². The first-order valence-corrected chi connectivity index (χ1v) is 13.6. The van der Waals surface area contributed by atoms with Gasteiger partial charge in [-0.3, -0.25) is 9.59 Å². The number of benzene rings is 3. The molecule has 0 spiro atoms. The number of carbonyl (C=O) groups is 2. The number of aromatic nitrogens is 1. The molecule has 0 unspecified atom stereocenters. The molecular formula is C30H24BrN3O3S. The summed E-state index contributed by atoms with van der Waals surface area (Å²) in [5.74, 6) is -0.173. The molecule has 0 saturated heterocycles. The summed E-state index contributed by atoms with van der Waals surface area (Å²) in [4.78, 5) is 31.6. The standard InChI is InChI=1S/C30H24BrN3O3S/c1-2-37-21-11-8-19(9-12-21)27-17-24(23-15-20(31)10-13-26(23)33-27)29(36)34-30-25(28(32)35)16-22(38-30)14-18-6-4-3-5-7-18/h3-13,15-17H,2,14H2,1H3,(H2,32,35)(H,34,36). The average molecular weight is 587 g/mol. The lowest BCUT2D eigenvalue weighted by molar-refractivity contribution is 0.100. The van der Waals surface area contributed by atoms with Gasteiger partial charge in [0.2, 0.25) is 0 Å². The van der Waals surface area contributed by atoms with Gasteiger partial charge in [0.1, 0.15) is 10.8 Å². The number of halogens is 1. The third-order valence-electron chi connectivity index (χ3n) is 5.97. The van der Waals surface area contributed by atoms with Crippen molar-refractivity contribution in [3.63, 3.8) is 0 Å². The molecule has 0 atom stereocenters. The van der Waals surface area contributed by atoms with E-state index in [2.05, 4.69) is 21.2 Å². The number of nitrogens with zero attached hydrogens (tertiary/aromatic N) is 1. The Balaban J connectivity index is 1.52. The number of hydrogen-bond acceptors (Lipinski definition) is 5. The molecule has 5 rings (SSSR count). The summed E-state index contributed by atoms with van der Waals surface area (Å²) >= 11 is 4.85. The zero-order valence-electron chi connectivity index (χ0n) is 20.5. The maximum absolute atomic E-state index is 13.7. The fourth-order valence-corrected chi connectivity index (χ4v) is 5.65. The second kappa shape index (κ2) is 11.2. The van der Waals surface area contributed by atoms with Crippen LogP contribution in [0.1, 0.15) is 38.1 Å². The molecule has 0 aliphatic heterocycles. The van der Waals surface area contributed by atoms with Gasteiger partial charge in [0.25, 0.3) is 11.8 Å². The van der Waals surface area contributed by atoms with Crippen molar-refractivity contribution >= 4 is 55.0 Å². The highest BCUT2D eigenvalue weighted by molar-refractivity contribution is 9.10. The van der Waals surface area contributed by atoms with Gasteiger partial charge in [0.15, 0.2) is 0 Å². The molecule has 8 heteroatoms. The van der Waals surface area contributed by atoms with Crippen LogP contribution >= 0.6 is 27.3 Å². The van der Waals surface area contributed by atoms with Gasteiger partial charge in [-0.05, 0) is 67.1 Å². The van der Waals surface area contributed by atoms with Gasteiger partial charge in [0.05, 0.1) is 28.9 Å². The summed E-state index contributed by atoms with van der Waals surface area (Å²) in [6.07, 6.45) is 0.634. The van der Waals surface area contributed by atoms with E-state index in [1.165, 1.54) is 11.3 Å². The molecule has 5 aromatic rings. The molecule has 0 fully saturated rings. The number of nitrogens with one attached hydrogen (secondary N) is 1. The van der Waals surface area contributed by atoms with E-state index >= 15 is 0 Å². The number of carbonyl (C=O) groups excluding carboxylic acids is 2. The fraction of sp³-hybridized carbons (Fsp3) is 0.100. The molecule has 3 N–H and O–H groups in total. The van der Waals surface area contributed by atoms with Crippen LogP contribution in [0, 0.1) is 0 Å². The topological polar surface area (TPSA) is 94.3 Å². The second-order valence-corrected chi connectivity index (χ2v) is 10.7. The third-order valence-corrected chi connectivity index (χ3v) is 7.52. The highest BCUT2D eigenvalue weighted by Gasteiger charge is 2.20. The normalized spacial score (nSPS) is 10.9. The van der Waals surface area contributed by atoms with Crippen molar-refractivity contribution in [2.24, 2.45) is 5.73 Å². The molecular weight excluding hydrogens is 562 g/mol. The van der Waals surface area contributed by atoms with Crippen LogP contribution < -0.4 is 15.8 Å². The Kier molecular flexibility index (Phi) is 7.53. The van der Waals surface area contributed by atoms with Gasteiger partial charge in [-0.15, -0.1) is 11.3 Å². The molecule has 0 aliphatic carbocycles. The van der Waals surface area contributed by atoms with Crippen molar-refractivity contribution in [1.29, 1.82) is 0 Å². The zero-order valence-corrected chi connectivity index (χ0v) is 22.9. The minimum atomic E-state index is -0.590. The maximum Gasteiger partial charge on any atom is 0.257 e. The number of anilines is 1. The Morgan fingerprint density at radius 1 is 0.974 bits per heavy atom. The summed E-state index contributed by atoms with van der Waals surface area (Å²) in [7, 11) is 0. The van der Waals surface area contributed by atoms with Crippen LogP contribution in [0.4, 0.5) is 5.00 Å². The first-order valence-electron chi connectivity index (χ1n) is 12.0. The predicted molar refractivity (Wildman–Crippen MR) is 156 cm³/mol. The van der Waals surface area contributed by atoms with E-state index < -0.39 is 5.91 Å². The number of nitrogens with two attached hydrogens (primary N) is 1. The van der Waals surface area contributed by atoms with E-state index in [0.29, 0.717) is 45.8 Å². The number of fused-ring (bicyclic) bond motifs is 1. The molecule has 2 amide bonds. The van der Waals surface area contributed by atoms with Crippen LogP contribution in [0.5, 0.6) is 5.75 Å². The van der Waals surface area contributed by atoms with Crippen LogP contribution in [0.25, 0.3) is 22.2 Å². The Bertz CT molecular complexity index is 1630. The molecule has 2 aromatic heterocycles. The van der Waals surface area contributed by atoms with Crippen LogP contribution in [0.2, 0.25) is 0 Å². The number of thiophene rings is 1. The van der Waals surface area contributed by atoms with Crippen LogP contribution in [-0.4, -0.2) is 23.4 Å². The predicted octanol–water partition coefficient (Wildman–Crippen LogP) is 7.07. The largest absolute Gasteiger partial charge is 0.494 e. The quantitative estimate of drug-likeness (QED) is 0.204. The lowest BCUT2D eigenvalue weighted by Gasteiger charge is -2.11. The van der Waals surface area contributed by atoms with Crippen molar-refractivity contribution in [2.75, 3.05) is 11.9 Å². The number of amides is 2. The Morgan fingerprint density at radius 3 is 2.45 bits per heavy atom. The van der Waals surface area contributed by atoms with E-state index in [4.69, 9.17) is 15.5 Å². The summed E-state index contributed by atoms with van der Waals surface area (Å²) in [6, 6.07) is 26.7. The molecule has 38 heavy (non-hydrogen) atoms. The fourth-order valence-electron chi connectivity index (χ4n) is 4.19. The van der Waals surface area contributed by atoms with E-state index in [1.807, 2.05) is 79.7 Å². The lowest BCUT2D eigenvalue weighted by Crippen LogP contribution is -2.17. The average Bonchev–Trinajstić information content (AvgIpc) is 3.31. The van der Waals surface area contributed by atoms with Crippen molar-refractivity contribution in [1.82, 2.24) is 4.98 Å². The monoisotopic (exact) mass is 585 g/mol. The number of rotatable bonds is 8. The Hall–Kier alpha value is -4.01. The summed E-state index contributed by atoms with van der Waals surface area (Å²) < 4.78 is 6.38. The summed E-state index contributed by atoms with van der Waals surface area (Å²) in [5, 5.41) is 4.06. The lowest BCUT2D eigenvalue weighted by atomic mass is 10.0. The van der Waals surface area contributed by atoms with Crippen LogP contribution in [0.15, 0.2) is 89.4 Å². The van der Waals surface area contributed by atoms with E-state index in [9.17, 15) is 9.59 Å². The summed E-state index contributed by atoms with van der Waals surface area (Å²) in [5.41, 5.74) is 9.69. The van der Waals surface area contributed by atoms with Gasteiger partial charge in [-0.25, -0.2) is 4.98 Å². The number of pyridine rings is 1. The Morgan fingerprint density at radius 2 is 1.74 bits per heavy atom. The zero-order chi connectivity index (χ0) is 26.6. The highest BCUT2D eigenvalue weighted by atomic mass is 79.9. The minimum Gasteiger partial charge on any atom is -0.494 e. The highest BCUT2D eigenvalue weighted by Crippen LogP contribution is 2.32. The molecule has 0 saturated carbocycles. The molecule has 0 bridgehead atoms. The van der Waals surface area contributed by atoms with Gasteiger partial charge in [-0.2, -0.15) is 0 Å². The van der Waals surface area contributed by atoms with Crippen molar-refractivity contribution < 1.29 is 14.3 Å². The molecule has 6 nitrogen and oxygen atoms in total. The number of hydrogen-bond donors (Lipinski definition) is 2. The molecule has 3 aromatic carbocycles. The minimum absolute atomic E-state index is 0.292. The second-order valence-electron chi connectivity index (χ2n) is 8.61. The number of primary amides is 1. The first kappa shape index (κ1) is 25.6. The third kappa shape index (κ3) is 5.61. The van der Waals surface area contributed by atoms with Crippen molar-refractivity contribution in [3.05, 3.63) is 111 Å². The molecule has 2 heterocycles. The van der Waals surface area contributed by atoms with Gasteiger partial charge < -0.3 is 15.8 Å². The van der Waals surface area contributed by atoms with Crippen LogP contribution in [-0.2, 0) is 6.42 Å². The van der Waals surface area contributed by atoms with Crippen LogP contribution in [0.3, 0.4) is 0 Å². The van der Waals surface area contributed by atoms with E-state index in [0.717, 1.165) is 26.2 Å². The smallest absolute Gasteiger partial charge is 0.257 e. The van der Waals surface area contributed by atoms with E-state index in [-0.39, 0.29) is 5.91 Å². The SMILES string of the molecule is CCOc1ccc(-c2cc(C(=O)Nc3sc(Cc4ccccc4)cc3C(N)=O)c3cc(Br)ccc3n2)cc1. The van der Waals surface area contributed by atoms with E-state index in [1.54, 1.807) is 12.1 Å². The van der Waals surface area contributed by atoms with Gasteiger partial charge in [0, 0.05) is 26.7 Å². The molecule has 190 valence electrons. The van der Waals surface area contributed by atoms with Crippen molar-refractivity contribution in [2.45, 2.75) is 13.3 Å². The molecule has 0 radical (unpaired) electrons. The summed E-state index contributed by atoms with van der Waals surface area (Å²) in [6.45, 7) is 2.51.